The first-order valence-corrected chi connectivity index (χ1v) is 4.01. The highest BCUT2D eigenvalue weighted by Crippen LogP contribution is 2.12. The molecule has 0 radical (unpaired) electrons. The lowest BCUT2D eigenvalue weighted by Gasteiger charge is -2.16. The fourth-order valence-corrected chi connectivity index (χ4v) is 1.06. The number of rotatable bonds is 2. The molecule has 0 aromatic rings. The summed E-state index contributed by atoms with van der Waals surface area (Å²) in [5, 5.41) is 0. The average Bonchev–Trinajstić information content (AvgIpc) is 2.06. The van der Waals surface area contributed by atoms with E-state index in [1.165, 1.54) is 5.57 Å². The van der Waals surface area contributed by atoms with E-state index in [1.54, 1.807) is 6.26 Å². The molecule has 1 heterocycles. The predicted molar refractivity (Wildman–Crippen MR) is 46.1 cm³/mol. The maximum atomic E-state index is 5.45. The molecule has 2 N–H and O–H groups in total. The van der Waals surface area contributed by atoms with E-state index >= 15 is 0 Å². The maximum absolute atomic E-state index is 5.45. The molecule has 11 heavy (non-hydrogen) atoms. The first kappa shape index (κ1) is 8.34. The van der Waals surface area contributed by atoms with E-state index in [4.69, 9.17) is 10.5 Å². The van der Waals surface area contributed by atoms with Crippen LogP contribution in [0.4, 0.5) is 0 Å². The summed E-state index contributed by atoms with van der Waals surface area (Å²) in [6.07, 6.45) is 8.36. The van der Waals surface area contributed by atoms with Gasteiger partial charge in [0.05, 0.1) is 6.26 Å². The van der Waals surface area contributed by atoms with Gasteiger partial charge in [-0.3, -0.25) is 0 Å². The third kappa shape index (κ3) is 2.76. The minimum absolute atomic E-state index is 0.253. The van der Waals surface area contributed by atoms with Crippen molar-refractivity contribution < 1.29 is 4.74 Å². The summed E-state index contributed by atoms with van der Waals surface area (Å²) < 4.78 is 5.34. The Labute approximate surface area is 67.7 Å². The van der Waals surface area contributed by atoms with E-state index in [2.05, 4.69) is 6.08 Å². The van der Waals surface area contributed by atoms with E-state index in [0.717, 1.165) is 12.8 Å². The normalized spacial score (nSPS) is 24.9. The molecule has 0 amide bonds. The fourth-order valence-electron chi connectivity index (χ4n) is 1.06. The Bertz CT molecular complexity index is 172. The smallest absolute Gasteiger partial charge is 0.116 e. The second kappa shape index (κ2) is 4.19. The standard InChI is InChI=1S/C9H15NO/c1-8(7-10)6-9-4-2-3-5-11-9/h3,5-6,9H,2,4,7,10H2,1H3. The van der Waals surface area contributed by atoms with Crippen LogP contribution >= 0.6 is 0 Å². The number of hydrogen-bond acceptors (Lipinski definition) is 2. The van der Waals surface area contributed by atoms with E-state index in [-0.39, 0.29) is 6.10 Å². The molecule has 2 heteroatoms. The van der Waals surface area contributed by atoms with Gasteiger partial charge in [-0.2, -0.15) is 0 Å². The summed E-state index contributed by atoms with van der Waals surface area (Å²) in [6, 6.07) is 0. The Kier molecular flexibility index (Phi) is 3.17. The second-order valence-corrected chi connectivity index (χ2v) is 2.84. The Balaban J connectivity index is 2.42. The van der Waals surface area contributed by atoms with Crippen molar-refractivity contribution in [1.82, 2.24) is 0 Å². The molecular formula is C9H15NO. The van der Waals surface area contributed by atoms with Crippen molar-refractivity contribution in [2.24, 2.45) is 5.73 Å². The van der Waals surface area contributed by atoms with Crippen LogP contribution in [0.1, 0.15) is 19.8 Å². The van der Waals surface area contributed by atoms with Crippen LogP contribution in [-0.4, -0.2) is 12.6 Å². The quantitative estimate of drug-likeness (QED) is 0.611. The zero-order valence-electron chi connectivity index (χ0n) is 6.92. The number of nitrogens with two attached hydrogens (primary N) is 1. The molecule has 1 aliphatic rings. The van der Waals surface area contributed by atoms with E-state index in [1.807, 2.05) is 13.0 Å². The third-order valence-corrected chi connectivity index (χ3v) is 1.76. The highest BCUT2D eigenvalue weighted by Gasteiger charge is 2.06. The van der Waals surface area contributed by atoms with Gasteiger partial charge in [0.25, 0.3) is 0 Å². The molecule has 0 saturated carbocycles. The Morgan fingerprint density at radius 1 is 1.82 bits per heavy atom. The fraction of sp³-hybridized carbons (Fsp3) is 0.556. The Morgan fingerprint density at radius 2 is 2.64 bits per heavy atom. The summed E-state index contributed by atoms with van der Waals surface area (Å²) in [4.78, 5) is 0. The van der Waals surface area contributed by atoms with Crippen LogP contribution in [0, 0.1) is 0 Å². The summed E-state index contributed by atoms with van der Waals surface area (Å²) in [5.41, 5.74) is 6.65. The van der Waals surface area contributed by atoms with Gasteiger partial charge in [0, 0.05) is 6.54 Å². The van der Waals surface area contributed by atoms with Crippen molar-refractivity contribution in [3.8, 4) is 0 Å². The molecule has 1 unspecified atom stereocenters. The first-order valence-electron chi connectivity index (χ1n) is 4.01. The van der Waals surface area contributed by atoms with E-state index in [0.29, 0.717) is 6.54 Å². The predicted octanol–water partition coefficient (Wildman–Crippen LogP) is 1.58. The van der Waals surface area contributed by atoms with Crippen LogP contribution in [0.3, 0.4) is 0 Å². The molecule has 62 valence electrons. The van der Waals surface area contributed by atoms with Crippen LogP contribution in [0.2, 0.25) is 0 Å². The monoisotopic (exact) mass is 153 g/mol. The van der Waals surface area contributed by atoms with Gasteiger partial charge < -0.3 is 10.5 Å². The molecule has 0 aromatic heterocycles. The highest BCUT2D eigenvalue weighted by atomic mass is 16.5. The zero-order chi connectivity index (χ0) is 8.10. The molecule has 1 rings (SSSR count). The van der Waals surface area contributed by atoms with Crippen LogP contribution in [-0.2, 0) is 4.74 Å². The van der Waals surface area contributed by atoms with Gasteiger partial charge >= 0.3 is 0 Å². The van der Waals surface area contributed by atoms with Crippen LogP contribution in [0.15, 0.2) is 24.0 Å². The zero-order valence-corrected chi connectivity index (χ0v) is 6.92. The maximum Gasteiger partial charge on any atom is 0.116 e. The van der Waals surface area contributed by atoms with Gasteiger partial charge in [0.15, 0.2) is 0 Å². The topological polar surface area (TPSA) is 35.2 Å². The van der Waals surface area contributed by atoms with Gasteiger partial charge in [-0.15, -0.1) is 0 Å². The molecule has 0 aliphatic carbocycles. The van der Waals surface area contributed by atoms with Crippen molar-refractivity contribution in [2.75, 3.05) is 6.54 Å². The number of ether oxygens (including phenoxy) is 1. The second-order valence-electron chi connectivity index (χ2n) is 2.84. The van der Waals surface area contributed by atoms with Gasteiger partial charge in [-0.25, -0.2) is 0 Å². The lowest BCUT2D eigenvalue weighted by Crippen LogP contribution is -2.11. The SMILES string of the molecule is CC(=CC1CCC=CO1)CN. The van der Waals surface area contributed by atoms with Crippen LogP contribution < -0.4 is 5.73 Å². The molecule has 0 bridgehead atoms. The van der Waals surface area contributed by atoms with E-state index in [9.17, 15) is 0 Å². The summed E-state index contributed by atoms with van der Waals surface area (Å²) in [5.74, 6) is 0. The molecule has 1 atom stereocenters. The Morgan fingerprint density at radius 3 is 3.18 bits per heavy atom. The molecular weight excluding hydrogens is 138 g/mol. The minimum Gasteiger partial charge on any atom is -0.494 e. The van der Waals surface area contributed by atoms with Gasteiger partial charge in [-0.05, 0) is 31.9 Å². The molecule has 0 spiro atoms. The average molecular weight is 153 g/mol. The molecule has 0 fully saturated rings. The van der Waals surface area contributed by atoms with Crippen molar-refractivity contribution in [3.05, 3.63) is 24.0 Å². The minimum atomic E-state index is 0.253. The van der Waals surface area contributed by atoms with Crippen molar-refractivity contribution >= 4 is 0 Å². The molecule has 0 aromatic carbocycles. The van der Waals surface area contributed by atoms with Crippen molar-refractivity contribution in [3.63, 3.8) is 0 Å². The molecule has 0 saturated heterocycles. The summed E-state index contributed by atoms with van der Waals surface area (Å²) in [7, 11) is 0. The lowest BCUT2D eigenvalue weighted by atomic mass is 10.1. The lowest BCUT2D eigenvalue weighted by molar-refractivity contribution is 0.164. The number of hydrogen-bond donors (Lipinski definition) is 1. The molecule has 1 aliphatic heterocycles. The largest absolute Gasteiger partial charge is 0.494 e. The summed E-state index contributed by atoms with van der Waals surface area (Å²) in [6.45, 7) is 2.66. The van der Waals surface area contributed by atoms with Crippen LogP contribution in [0.25, 0.3) is 0 Å². The van der Waals surface area contributed by atoms with Crippen molar-refractivity contribution in [2.45, 2.75) is 25.9 Å². The Hall–Kier alpha value is -0.760. The third-order valence-electron chi connectivity index (χ3n) is 1.76. The molecule has 2 nitrogen and oxygen atoms in total. The van der Waals surface area contributed by atoms with Crippen molar-refractivity contribution in [1.29, 1.82) is 0 Å². The van der Waals surface area contributed by atoms with Gasteiger partial charge in [0.2, 0.25) is 0 Å². The van der Waals surface area contributed by atoms with E-state index < -0.39 is 0 Å². The highest BCUT2D eigenvalue weighted by molar-refractivity contribution is 5.05. The van der Waals surface area contributed by atoms with Gasteiger partial charge in [-0.1, -0.05) is 5.57 Å². The van der Waals surface area contributed by atoms with Gasteiger partial charge in [0.1, 0.15) is 6.10 Å². The first-order chi connectivity index (χ1) is 5.33. The summed E-state index contributed by atoms with van der Waals surface area (Å²) >= 11 is 0. The van der Waals surface area contributed by atoms with Crippen LogP contribution in [0.5, 0.6) is 0 Å². The number of allylic oxidation sites excluding steroid dienone is 1.